The highest BCUT2D eigenvalue weighted by atomic mass is 16.5. The molecular weight excluding hydrogens is 280 g/mol. The van der Waals surface area contributed by atoms with Crippen LogP contribution in [0, 0.1) is 11.8 Å². The molecule has 0 aliphatic rings. The van der Waals surface area contributed by atoms with E-state index < -0.39 is 11.8 Å². The highest BCUT2D eigenvalue weighted by Gasteiger charge is 2.24. The molecule has 0 aliphatic heterocycles. The molecule has 0 unspecified atom stereocenters. The van der Waals surface area contributed by atoms with Gasteiger partial charge < -0.3 is 15.0 Å². The zero-order chi connectivity index (χ0) is 16.7. The van der Waals surface area contributed by atoms with Crippen LogP contribution >= 0.6 is 0 Å². The van der Waals surface area contributed by atoms with Gasteiger partial charge in [0.05, 0.1) is 12.8 Å². The van der Waals surface area contributed by atoms with Gasteiger partial charge >= 0.3 is 11.8 Å². The molecule has 5 nitrogen and oxygen atoms in total. The molecule has 2 amide bonds. The number of methoxy groups -OCH3 is 1. The normalized spacial score (nSPS) is 10.7. The summed E-state index contributed by atoms with van der Waals surface area (Å²) in [7, 11) is 1.52. The standard InChI is InChI=1S/C17H26N2O3/c1-12(2)10-19(11-13(3)4)17(21)16(20)18-14-8-6-7-9-15(14)22-5/h6-9,12-13H,10-11H2,1-5H3,(H,18,20). The van der Waals surface area contributed by atoms with Crippen LogP contribution in [0.4, 0.5) is 5.69 Å². The first-order chi connectivity index (χ1) is 10.3. The fourth-order valence-electron chi connectivity index (χ4n) is 2.19. The van der Waals surface area contributed by atoms with Crippen LogP contribution in [-0.2, 0) is 9.59 Å². The number of rotatable bonds is 6. The molecule has 0 aliphatic carbocycles. The van der Waals surface area contributed by atoms with Gasteiger partial charge in [0, 0.05) is 13.1 Å². The van der Waals surface area contributed by atoms with Crippen LogP contribution in [0.5, 0.6) is 5.75 Å². The number of carbonyl (C=O) groups is 2. The van der Waals surface area contributed by atoms with E-state index >= 15 is 0 Å². The summed E-state index contributed by atoms with van der Waals surface area (Å²) in [6.45, 7) is 9.24. The van der Waals surface area contributed by atoms with Crippen LogP contribution in [0.3, 0.4) is 0 Å². The molecule has 0 saturated heterocycles. The number of ether oxygens (including phenoxy) is 1. The maximum absolute atomic E-state index is 12.4. The molecule has 0 spiro atoms. The number of carbonyl (C=O) groups excluding carboxylic acids is 2. The predicted octanol–water partition coefficient (Wildman–Crippen LogP) is 2.77. The van der Waals surface area contributed by atoms with Crippen molar-refractivity contribution < 1.29 is 14.3 Å². The largest absolute Gasteiger partial charge is 0.495 e. The molecule has 1 N–H and O–H groups in total. The van der Waals surface area contributed by atoms with Gasteiger partial charge in [-0.15, -0.1) is 0 Å². The zero-order valence-electron chi connectivity index (χ0n) is 14.1. The molecule has 0 saturated carbocycles. The number of hydrogen-bond acceptors (Lipinski definition) is 3. The number of amides is 2. The minimum atomic E-state index is -0.634. The van der Waals surface area contributed by atoms with Crippen molar-refractivity contribution in [2.24, 2.45) is 11.8 Å². The average molecular weight is 306 g/mol. The monoisotopic (exact) mass is 306 g/mol. The van der Waals surface area contributed by atoms with Gasteiger partial charge in [0.15, 0.2) is 0 Å². The van der Waals surface area contributed by atoms with Crippen molar-refractivity contribution in [3.63, 3.8) is 0 Å². The third-order valence-electron chi connectivity index (χ3n) is 3.01. The molecule has 0 aromatic heterocycles. The van der Waals surface area contributed by atoms with E-state index in [-0.39, 0.29) is 0 Å². The van der Waals surface area contributed by atoms with E-state index in [1.54, 1.807) is 29.2 Å². The average Bonchev–Trinajstić information content (AvgIpc) is 2.45. The molecule has 0 fully saturated rings. The molecule has 1 rings (SSSR count). The number of hydrogen-bond donors (Lipinski definition) is 1. The van der Waals surface area contributed by atoms with Crippen molar-refractivity contribution in [2.75, 3.05) is 25.5 Å². The molecule has 22 heavy (non-hydrogen) atoms. The Balaban J connectivity index is 2.82. The maximum atomic E-state index is 12.4. The Labute approximate surface area is 132 Å². The molecule has 0 heterocycles. The Kier molecular flexibility index (Phi) is 6.89. The Hall–Kier alpha value is -2.04. The lowest BCUT2D eigenvalue weighted by Crippen LogP contribution is -2.43. The summed E-state index contributed by atoms with van der Waals surface area (Å²) < 4.78 is 5.18. The predicted molar refractivity (Wildman–Crippen MR) is 87.9 cm³/mol. The van der Waals surface area contributed by atoms with E-state index in [0.717, 1.165) is 0 Å². The van der Waals surface area contributed by atoms with Gasteiger partial charge in [-0.05, 0) is 24.0 Å². The second-order valence-electron chi connectivity index (χ2n) is 6.15. The van der Waals surface area contributed by atoms with Crippen molar-refractivity contribution in [1.82, 2.24) is 4.90 Å². The van der Waals surface area contributed by atoms with Crippen LogP contribution in [0.1, 0.15) is 27.7 Å². The van der Waals surface area contributed by atoms with Crippen molar-refractivity contribution in [3.8, 4) is 5.75 Å². The van der Waals surface area contributed by atoms with E-state index in [1.807, 2.05) is 27.7 Å². The summed E-state index contributed by atoms with van der Waals surface area (Å²) in [5, 5.41) is 2.63. The van der Waals surface area contributed by atoms with E-state index in [4.69, 9.17) is 4.74 Å². The third kappa shape index (κ3) is 5.39. The topological polar surface area (TPSA) is 58.6 Å². The second-order valence-corrected chi connectivity index (χ2v) is 6.15. The number of anilines is 1. The Morgan fingerprint density at radius 2 is 1.64 bits per heavy atom. The highest BCUT2D eigenvalue weighted by Crippen LogP contribution is 2.23. The lowest BCUT2D eigenvalue weighted by atomic mass is 10.1. The van der Waals surface area contributed by atoms with Crippen LogP contribution in [-0.4, -0.2) is 36.9 Å². The molecular formula is C17H26N2O3. The van der Waals surface area contributed by atoms with Crippen molar-refractivity contribution >= 4 is 17.5 Å². The van der Waals surface area contributed by atoms with Gasteiger partial charge in [-0.25, -0.2) is 0 Å². The maximum Gasteiger partial charge on any atom is 0.314 e. The smallest absolute Gasteiger partial charge is 0.314 e. The fraction of sp³-hybridized carbons (Fsp3) is 0.529. The van der Waals surface area contributed by atoms with Gasteiger partial charge in [0.2, 0.25) is 0 Å². The summed E-state index contributed by atoms with van der Waals surface area (Å²) in [6.07, 6.45) is 0. The van der Waals surface area contributed by atoms with Gasteiger partial charge in [0.1, 0.15) is 5.75 Å². The second kappa shape index (κ2) is 8.41. The lowest BCUT2D eigenvalue weighted by Gasteiger charge is -2.25. The number of nitrogens with one attached hydrogen (secondary N) is 1. The zero-order valence-corrected chi connectivity index (χ0v) is 14.1. The Bertz CT molecular complexity index is 502. The molecule has 0 atom stereocenters. The minimum absolute atomic E-state index is 0.307. The number of nitrogens with zero attached hydrogens (tertiary/aromatic N) is 1. The number of benzene rings is 1. The quantitative estimate of drug-likeness (QED) is 0.822. The van der Waals surface area contributed by atoms with Gasteiger partial charge in [-0.2, -0.15) is 0 Å². The summed E-state index contributed by atoms with van der Waals surface area (Å²) in [6, 6.07) is 7.03. The number of para-hydroxylation sites is 2. The lowest BCUT2D eigenvalue weighted by molar-refractivity contribution is -0.143. The van der Waals surface area contributed by atoms with Crippen LogP contribution in [0.2, 0.25) is 0 Å². The molecule has 122 valence electrons. The molecule has 1 aromatic carbocycles. The van der Waals surface area contributed by atoms with Crippen LogP contribution in [0.25, 0.3) is 0 Å². The Morgan fingerprint density at radius 1 is 1.09 bits per heavy atom. The molecule has 1 aromatic rings. The summed E-state index contributed by atoms with van der Waals surface area (Å²) in [5.74, 6) is 0.00514. The van der Waals surface area contributed by atoms with Crippen molar-refractivity contribution in [2.45, 2.75) is 27.7 Å². The van der Waals surface area contributed by atoms with E-state index in [1.165, 1.54) is 7.11 Å². The molecule has 5 heteroatoms. The Morgan fingerprint density at radius 3 is 2.14 bits per heavy atom. The third-order valence-corrected chi connectivity index (χ3v) is 3.01. The van der Waals surface area contributed by atoms with Crippen LogP contribution in [0.15, 0.2) is 24.3 Å². The highest BCUT2D eigenvalue weighted by molar-refractivity contribution is 6.39. The first kappa shape index (κ1) is 18.0. The summed E-state index contributed by atoms with van der Waals surface area (Å²) in [5.41, 5.74) is 0.498. The van der Waals surface area contributed by atoms with Gasteiger partial charge in [-0.1, -0.05) is 39.8 Å². The summed E-state index contributed by atoms with van der Waals surface area (Å²) in [4.78, 5) is 26.2. The molecule has 0 radical (unpaired) electrons. The molecule has 0 bridgehead atoms. The fourth-order valence-corrected chi connectivity index (χ4v) is 2.19. The minimum Gasteiger partial charge on any atom is -0.495 e. The SMILES string of the molecule is COc1ccccc1NC(=O)C(=O)N(CC(C)C)CC(C)C. The van der Waals surface area contributed by atoms with E-state index in [9.17, 15) is 9.59 Å². The van der Waals surface area contributed by atoms with E-state index in [0.29, 0.717) is 36.4 Å². The van der Waals surface area contributed by atoms with Gasteiger partial charge in [-0.3, -0.25) is 9.59 Å². The van der Waals surface area contributed by atoms with Crippen molar-refractivity contribution in [3.05, 3.63) is 24.3 Å². The van der Waals surface area contributed by atoms with E-state index in [2.05, 4.69) is 5.32 Å². The van der Waals surface area contributed by atoms with Gasteiger partial charge in [0.25, 0.3) is 0 Å². The first-order valence-electron chi connectivity index (χ1n) is 7.58. The van der Waals surface area contributed by atoms with Crippen molar-refractivity contribution in [1.29, 1.82) is 0 Å². The van der Waals surface area contributed by atoms with Crippen LogP contribution < -0.4 is 10.1 Å². The first-order valence-corrected chi connectivity index (χ1v) is 7.58. The summed E-state index contributed by atoms with van der Waals surface area (Å²) >= 11 is 0.